The van der Waals surface area contributed by atoms with Crippen LogP contribution in [0.25, 0.3) is 19.5 Å². The summed E-state index contributed by atoms with van der Waals surface area (Å²) in [7, 11) is 0. The summed E-state index contributed by atoms with van der Waals surface area (Å²) in [4.78, 5) is 32.5. The molecule has 2 aliphatic heterocycles. The normalized spacial score (nSPS) is 18.6. The van der Waals surface area contributed by atoms with Crippen LogP contribution in [0.15, 0.2) is 30.3 Å². The molecule has 0 N–H and O–H groups in total. The van der Waals surface area contributed by atoms with Crippen molar-refractivity contribution in [3.8, 4) is 0 Å². The van der Waals surface area contributed by atoms with Crippen LogP contribution < -0.4 is 0 Å². The molecule has 1 aromatic carbocycles. The molecule has 2 aliphatic rings. The highest BCUT2D eigenvalue weighted by Crippen LogP contribution is 2.39. The van der Waals surface area contributed by atoms with Gasteiger partial charge >= 0.3 is 0 Å². The number of nitrogens with zero attached hydrogens (tertiary/aromatic N) is 3. The minimum absolute atomic E-state index is 0.129. The van der Waals surface area contributed by atoms with Gasteiger partial charge in [0.05, 0.1) is 16.1 Å². The Kier molecular flexibility index (Phi) is 5.28. The van der Waals surface area contributed by atoms with Gasteiger partial charge in [-0.1, -0.05) is 18.2 Å². The maximum atomic E-state index is 13.0. The molecule has 2 saturated heterocycles. The number of fused-ring (bicyclic) bond motifs is 3. The lowest BCUT2D eigenvalue weighted by Gasteiger charge is -2.35. The number of piperidine rings is 1. The van der Waals surface area contributed by atoms with Gasteiger partial charge in [-0.15, -0.1) is 22.7 Å². The van der Waals surface area contributed by atoms with Gasteiger partial charge in [-0.2, -0.15) is 0 Å². The number of hydrogen-bond donors (Lipinski definition) is 0. The third-order valence-corrected chi connectivity index (χ3v) is 8.39. The van der Waals surface area contributed by atoms with Crippen molar-refractivity contribution in [2.24, 2.45) is 0 Å². The number of rotatable bonds is 3. The lowest BCUT2D eigenvalue weighted by atomic mass is 10.1. The van der Waals surface area contributed by atoms with Crippen LogP contribution >= 0.6 is 22.7 Å². The first-order chi connectivity index (χ1) is 14.2. The Morgan fingerprint density at radius 2 is 1.59 bits per heavy atom. The Morgan fingerprint density at radius 1 is 0.828 bits per heavy atom. The van der Waals surface area contributed by atoms with E-state index >= 15 is 0 Å². The summed E-state index contributed by atoms with van der Waals surface area (Å²) in [5.41, 5.74) is 0. The Morgan fingerprint density at radius 3 is 2.38 bits per heavy atom. The second-order valence-electron chi connectivity index (χ2n) is 7.91. The molecule has 4 heterocycles. The van der Waals surface area contributed by atoms with Gasteiger partial charge in [0.1, 0.15) is 0 Å². The third-order valence-electron chi connectivity index (χ3n) is 5.99. The molecule has 2 amide bonds. The van der Waals surface area contributed by atoms with E-state index in [1.54, 1.807) is 22.7 Å². The third kappa shape index (κ3) is 3.79. The topological polar surface area (TPSA) is 43.9 Å². The highest BCUT2D eigenvalue weighted by molar-refractivity contribution is 7.33. The first-order valence-corrected chi connectivity index (χ1v) is 12.0. The first-order valence-electron chi connectivity index (χ1n) is 10.4. The van der Waals surface area contributed by atoms with Gasteiger partial charge in [0, 0.05) is 54.1 Å². The van der Waals surface area contributed by atoms with E-state index in [0.29, 0.717) is 19.6 Å². The molecule has 0 bridgehead atoms. The number of benzene rings is 1. The van der Waals surface area contributed by atoms with Gasteiger partial charge in [0.2, 0.25) is 5.91 Å². The number of hydrogen-bond acceptors (Lipinski definition) is 5. The van der Waals surface area contributed by atoms with E-state index in [0.717, 1.165) is 43.9 Å². The Balaban J connectivity index is 1.21. The molecule has 0 spiro atoms. The maximum absolute atomic E-state index is 13.0. The number of thiophene rings is 2. The van der Waals surface area contributed by atoms with Crippen molar-refractivity contribution >= 4 is 54.0 Å². The Labute approximate surface area is 178 Å². The van der Waals surface area contributed by atoms with Gasteiger partial charge in [0.15, 0.2) is 0 Å². The minimum Gasteiger partial charge on any atom is -0.342 e. The van der Waals surface area contributed by atoms with Gasteiger partial charge in [-0.25, -0.2) is 0 Å². The van der Waals surface area contributed by atoms with Crippen LogP contribution in [-0.2, 0) is 4.79 Å². The largest absolute Gasteiger partial charge is 0.342 e. The molecule has 152 valence electrons. The van der Waals surface area contributed by atoms with Crippen molar-refractivity contribution in [3.05, 3.63) is 35.2 Å². The summed E-state index contributed by atoms with van der Waals surface area (Å²) in [5.74, 6) is 0.374. The average molecular weight is 428 g/mol. The monoisotopic (exact) mass is 427 g/mol. The summed E-state index contributed by atoms with van der Waals surface area (Å²) in [6.07, 6.45) is 3.49. The molecule has 0 radical (unpaired) electrons. The second-order valence-corrected chi connectivity index (χ2v) is 10.0. The number of likely N-dealkylation sites (tertiary alicyclic amines) is 1. The summed E-state index contributed by atoms with van der Waals surface area (Å²) in [5, 5.41) is 1.25. The lowest BCUT2D eigenvalue weighted by Crippen LogP contribution is -2.51. The fraction of sp³-hybridized carbons (Fsp3) is 0.455. The predicted octanol–water partition coefficient (Wildman–Crippen LogP) is 3.89. The molecule has 5 rings (SSSR count). The summed E-state index contributed by atoms with van der Waals surface area (Å²) >= 11 is 3.37. The summed E-state index contributed by atoms with van der Waals surface area (Å²) in [6, 6.07) is 10.4. The molecule has 3 aromatic rings. The van der Waals surface area contributed by atoms with E-state index in [2.05, 4.69) is 35.2 Å². The molecular formula is C22H25N3O2S2. The lowest BCUT2D eigenvalue weighted by molar-refractivity contribution is -0.133. The molecule has 7 heteroatoms. The molecule has 0 unspecified atom stereocenters. The van der Waals surface area contributed by atoms with Crippen molar-refractivity contribution in [3.63, 3.8) is 0 Å². The van der Waals surface area contributed by atoms with Crippen LogP contribution in [0.2, 0.25) is 0 Å². The van der Waals surface area contributed by atoms with E-state index < -0.39 is 0 Å². The fourth-order valence-corrected chi connectivity index (χ4v) is 6.80. The van der Waals surface area contributed by atoms with Crippen LogP contribution in [0.3, 0.4) is 0 Å². The van der Waals surface area contributed by atoms with Crippen molar-refractivity contribution in [1.29, 1.82) is 0 Å². The predicted molar refractivity (Wildman–Crippen MR) is 120 cm³/mol. The fourth-order valence-electron chi connectivity index (χ4n) is 4.30. The quantitative estimate of drug-likeness (QED) is 0.637. The SMILES string of the molecule is O=C(CN1CCN(C(=O)c2cc3sc4ccccc4c3s2)CC1)N1CCCCC1. The van der Waals surface area contributed by atoms with E-state index in [-0.39, 0.29) is 11.8 Å². The van der Waals surface area contributed by atoms with Crippen molar-refractivity contribution in [2.45, 2.75) is 19.3 Å². The van der Waals surface area contributed by atoms with E-state index in [9.17, 15) is 9.59 Å². The minimum atomic E-state index is 0.129. The van der Waals surface area contributed by atoms with Crippen LogP contribution in [0.4, 0.5) is 0 Å². The summed E-state index contributed by atoms with van der Waals surface area (Å²) < 4.78 is 3.70. The van der Waals surface area contributed by atoms with Crippen LogP contribution in [0.1, 0.15) is 28.9 Å². The number of piperazine rings is 1. The number of carbonyl (C=O) groups is 2. The number of carbonyl (C=O) groups excluding carboxylic acids is 2. The molecule has 29 heavy (non-hydrogen) atoms. The smallest absolute Gasteiger partial charge is 0.264 e. The van der Waals surface area contributed by atoms with Crippen LogP contribution in [-0.4, -0.2) is 72.3 Å². The van der Waals surface area contributed by atoms with E-state index in [1.807, 2.05) is 9.80 Å². The van der Waals surface area contributed by atoms with Gasteiger partial charge in [-0.3, -0.25) is 14.5 Å². The first kappa shape index (κ1) is 19.0. The molecule has 2 aromatic heterocycles. The number of amides is 2. The van der Waals surface area contributed by atoms with E-state index in [1.165, 1.54) is 25.9 Å². The van der Waals surface area contributed by atoms with Gasteiger partial charge in [0.25, 0.3) is 5.91 Å². The standard InChI is InChI=1S/C22H25N3O2S2/c26-20(24-8-4-1-5-9-24)15-23-10-12-25(13-11-23)22(27)19-14-18-21(29-19)16-6-2-3-7-17(16)28-18/h2-3,6-7,14H,1,4-5,8-13,15H2. The second kappa shape index (κ2) is 8.05. The Hall–Kier alpha value is -1.96. The zero-order chi connectivity index (χ0) is 19.8. The molecule has 0 saturated carbocycles. The van der Waals surface area contributed by atoms with Crippen molar-refractivity contribution in [1.82, 2.24) is 14.7 Å². The van der Waals surface area contributed by atoms with E-state index in [4.69, 9.17) is 0 Å². The molecule has 0 aliphatic carbocycles. The Bertz CT molecular complexity index is 1040. The zero-order valence-corrected chi connectivity index (χ0v) is 18.1. The zero-order valence-electron chi connectivity index (χ0n) is 16.4. The average Bonchev–Trinajstić information content (AvgIpc) is 3.32. The van der Waals surface area contributed by atoms with Crippen LogP contribution in [0, 0.1) is 0 Å². The highest BCUT2D eigenvalue weighted by atomic mass is 32.1. The van der Waals surface area contributed by atoms with Crippen molar-refractivity contribution in [2.75, 3.05) is 45.8 Å². The maximum Gasteiger partial charge on any atom is 0.264 e. The summed E-state index contributed by atoms with van der Waals surface area (Å²) in [6.45, 7) is 5.23. The molecule has 0 atom stereocenters. The van der Waals surface area contributed by atoms with Gasteiger partial charge in [-0.05, 0) is 31.4 Å². The molecular weight excluding hydrogens is 402 g/mol. The molecule has 5 nitrogen and oxygen atoms in total. The molecule has 2 fully saturated rings. The van der Waals surface area contributed by atoms with Crippen molar-refractivity contribution < 1.29 is 9.59 Å². The van der Waals surface area contributed by atoms with Gasteiger partial charge < -0.3 is 9.80 Å². The highest BCUT2D eigenvalue weighted by Gasteiger charge is 2.26. The van der Waals surface area contributed by atoms with Crippen LogP contribution in [0.5, 0.6) is 0 Å².